The van der Waals surface area contributed by atoms with Gasteiger partial charge in [-0.2, -0.15) is 0 Å². The van der Waals surface area contributed by atoms with Crippen LogP contribution in [-0.4, -0.2) is 34.4 Å². The summed E-state index contributed by atoms with van der Waals surface area (Å²) in [6, 6.07) is 0.154. The summed E-state index contributed by atoms with van der Waals surface area (Å²) in [7, 11) is 0. The molecule has 0 aliphatic carbocycles. The zero-order chi connectivity index (χ0) is 13.5. The topological polar surface area (TPSA) is 40.6 Å². The molecule has 0 N–H and O–H groups in total. The van der Waals surface area contributed by atoms with E-state index in [9.17, 15) is 9.59 Å². The lowest BCUT2D eigenvalue weighted by molar-refractivity contribution is -0.163. The molecule has 2 atom stereocenters. The van der Waals surface area contributed by atoms with Gasteiger partial charge in [0.2, 0.25) is 11.8 Å². The third-order valence-electron chi connectivity index (χ3n) is 4.23. The summed E-state index contributed by atoms with van der Waals surface area (Å²) in [5.41, 5.74) is 0.0212. The van der Waals surface area contributed by atoms with Crippen molar-refractivity contribution in [1.29, 1.82) is 0 Å². The van der Waals surface area contributed by atoms with Crippen molar-refractivity contribution >= 4 is 11.8 Å². The Morgan fingerprint density at radius 3 is 2.44 bits per heavy atom. The summed E-state index contributed by atoms with van der Waals surface area (Å²) < 4.78 is 0. The fourth-order valence-electron chi connectivity index (χ4n) is 3.08. The molecule has 0 radical (unpaired) electrons. The first-order valence-corrected chi connectivity index (χ1v) is 6.99. The number of amides is 2. The van der Waals surface area contributed by atoms with Gasteiger partial charge in [0.1, 0.15) is 0 Å². The Hall–Kier alpha value is -1.06. The smallest absolute Gasteiger partial charge is 0.244 e. The van der Waals surface area contributed by atoms with Gasteiger partial charge >= 0.3 is 0 Å². The van der Waals surface area contributed by atoms with Crippen molar-refractivity contribution in [3.63, 3.8) is 0 Å². The maximum Gasteiger partial charge on any atom is 0.244 e. The van der Waals surface area contributed by atoms with Crippen molar-refractivity contribution in [1.82, 2.24) is 10.0 Å². The number of hydrogen-bond acceptors (Lipinski definition) is 2. The van der Waals surface area contributed by atoms with Crippen LogP contribution in [-0.2, 0) is 9.59 Å². The minimum atomic E-state index is 0.0156. The first-order valence-electron chi connectivity index (χ1n) is 6.99. The number of carbonyl (C=O) groups excluding carboxylic acids is 2. The van der Waals surface area contributed by atoms with E-state index in [1.165, 1.54) is 0 Å². The molecular weight excluding hydrogens is 228 g/mol. The monoisotopic (exact) mass is 252 g/mol. The van der Waals surface area contributed by atoms with E-state index in [2.05, 4.69) is 20.8 Å². The molecule has 2 unspecified atom stereocenters. The molecule has 2 saturated heterocycles. The Morgan fingerprint density at radius 2 is 1.89 bits per heavy atom. The standard InChI is InChI=1S/C14H24N2O2/c1-5-10-6-7-12(17)15-9-8-11(14(2,3)4)16(15)13(10)18/h10-11H,5-9H2,1-4H3. The van der Waals surface area contributed by atoms with Gasteiger partial charge < -0.3 is 0 Å². The van der Waals surface area contributed by atoms with E-state index in [0.717, 1.165) is 12.8 Å². The number of carbonyl (C=O) groups is 2. The van der Waals surface area contributed by atoms with Crippen molar-refractivity contribution in [2.75, 3.05) is 6.54 Å². The van der Waals surface area contributed by atoms with Crippen molar-refractivity contribution in [3.8, 4) is 0 Å². The lowest BCUT2D eigenvalue weighted by Gasteiger charge is -2.38. The highest BCUT2D eigenvalue weighted by Crippen LogP contribution is 2.36. The van der Waals surface area contributed by atoms with Gasteiger partial charge in [-0.25, -0.2) is 5.01 Å². The second kappa shape index (κ2) is 4.56. The Bertz CT molecular complexity index is 359. The van der Waals surface area contributed by atoms with Crippen LogP contribution >= 0.6 is 0 Å². The molecule has 0 saturated carbocycles. The van der Waals surface area contributed by atoms with Gasteiger partial charge in [-0.1, -0.05) is 27.7 Å². The fraction of sp³-hybridized carbons (Fsp3) is 0.857. The summed E-state index contributed by atoms with van der Waals surface area (Å²) in [4.78, 5) is 24.7. The van der Waals surface area contributed by atoms with Crippen molar-refractivity contribution in [2.45, 2.75) is 59.4 Å². The highest BCUT2D eigenvalue weighted by Gasteiger charge is 2.46. The van der Waals surface area contributed by atoms with Crippen LogP contribution < -0.4 is 0 Å². The maximum absolute atomic E-state index is 12.6. The average molecular weight is 252 g/mol. The Balaban J connectivity index is 2.33. The summed E-state index contributed by atoms with van der Waals surface area (Å²) in [5, 5.41) is 3.48. The van der Waals surface area contributed by atoms with E-state index >= 15 is 0 Å². The van der Waals surface area contributed by atoms with Crippen LogP contribution in [0.4, 0.5) is 0 Å². The summed E-state index contributed by atoms with van der Waals surface area (Å²) >= 11 is 0. The lowest BCUT2D eigenvalue weighted by Crippen LogP contribution is -2.51. The van der Waals surface area contributed by atoms with Crippen LogP contribution in [0.2, 0.25) is 0 Å². The van der Waals surface area contributed by atoms with Crippen LogP contribution in [0.25, 0.3) is 0 Å². The Labute approximate surface area is 109 Å². The molecule has 102 valence electrons. The molecule has 0 aromatic carbocycles. The molecule has 2 aliphatic rings. The fourth-order valence-corrected chi connectivity index (χ4v) is 3.08. The van der Waals surface area contributed by atoms with Crippen molar-refractivity contribution in [3.05, 3.63) is 0 Å². The van der Waals surface area contributed by atoms with Gasteiger partial charge in [0, 0.05) is 18.9 Å². The summed E-state index contributed by atoms with van der Waals surface area (Å²) in [5.74, 6) is 0.286. The van der Waals surface area contributed by atoms with Gasteiger partial charge in [0.15, 0.2) is 0 Å². The molecule has 0 aromatic heterocycles. The van der Waals surface area contributed by atoms with E-state index in [0.29, 0.717) is 19.4 Å². The van der Waals surface area contributed by atoms with Crippen LogP contribution in [0.15, 0.2) is 0 Å². The minimum Gasteiger partial charge on any atom is -0.273 e. The molecule has 2 rings (SSSR count). The Morgan fingerprint density at radius 1 is 1.22 bits per heavy atom. The first kappa shape index (κ1) is 13.4. The van der Waals surface area contributed by atoms with Crippen molar-refractivity contribution in [2.24, 2.45) is 11.3 Å². The number of rotatable bonds is 1. The quantitative estimate of drug-likeness (QED) is 0.718. The lowest BCUT2D eigenvalue weighted by atomic mass is 9.84. The zero-order valence-electron chi connectivity index (χ0n) is 11.9. The van der Waals surface area contributed by atoms with E-state index in [1.54, 1.807) is 10.0 Å². The molecule has 2 amide bonds. The van der Waals surface area contributed by atoms with Crippen LogP contribution in [0, 0.1) is 11.3 Å². The number of hydrogen-bond donors (Lipinski definition) is 0. The largest absolute Gasteiger partial charge is 0.273 e. The molecule has 4 nitrogen and oxygen atoms in total. The summed E-state index contributed by atoms with van der Waals surface area (Å²) in [6.07, 6.45) is 2.94. The predicted octanol–water partition coefficient (Wildman–Crippen LogP) is 2.20. The van der Waals surface area contributed by atoms with Crippen LogP contribution in [0.5, 0.6) is 0 Å². The molecule has 0 bridgehead atoms. The molecule has 4 heteroatoms. The van der Waals surface area contributed by atoms with Gasteiger partial charge in [-0.3, -0.25) is 14.6 Å². The van der Waals surface area contributed by atoms with Crippen LogP contribution in [0.1, 0.15) is 53.4 Å². The minimum absolute atomic E-state index is 0.0156. The summed E-state index contributed by atoms with van der Waals surface area (Å²) in [6.45, 7) is 9.16. The van der Waals surface area contributed by atoms with Gasteiger partial charge in [0.05, 0.1) is 6.04 Å². The second-order valence-corrected chi connectivity index (χ2v) is 6.51. The van der Waals surface area contributed by atoms with E-state index in [1.807, 2.05) is 6.92 Å². The molecule has 0 spiro atoms. The second-order valence-electron chi connectivity index (χ2n) is 6.51. The molecule has 2 fully saturated rings. The molecule has 18 heavy (non-hydrogen) atoms. The van der Waals surface area contributed by atoms with Crippen molar-refractivity contribution < 1.29 is 9.59 Å². The van der Waals surface area contributed by atoms with Gasteiger partial charge in [-0.15, -0.1) is 0 Å². The molecule has 2 heterocycles. The molecule has 0 aromatic rings. The SMILES string of the molecule is CCC1CCC(=O)N2CCC(C(C)(C)C)N2C1=O. The average Bonchev–Trinajstić information content (AvgIpc) is 2.68. The van der Waals surface area contributed by atoms with E-state index < -0.39 is 0 Å². The number of nitrogens with zero attached hydrogens (tertiary/aromatic N) is 2. The zero-order valence-corrected chi connectivity index (χ0v) is 11.9. The van der Waals surface area contributed by atoms with Gasteiger partial charge in [-0.05, 0) is 24.7 Å². The number of hydrazine groups is 1. The number of fused-ring (bicyclic) bond motifs is 1. The third-order valence-corrected chi connectivity index (χ3v) is 4.23. The maximum atomic E-state index is 12.6. The highest BCUT2D eigenvalue weighted by atomic mass is 16.2. The molecule has 2 aliphatic heterocycles. The van der Waals surface area contributed by atoms with Gasteiger partial charge in [0.25, 0.3) is 0 Å². The van der Waals surface area contributed by atoms with E-state index in [-0.39, 0.29) is 29.2 Å². The Kier molecular flexibility index (Phi) is 3.39. The van der Waals surface area contributed by atoms with Crippen LogP contribution in [0.3, 0.4) is 0 Å². The normalized spacial score (nSPS) is 29.6. The predicted molar refractivity (Wildman–Crippen MR) is 69.4 cm³/mol. The highest BCUT2D eigenvalue weighted by molar-refractivity contribution is 5.87. The molecular formula is C14H24N2O2. The van der Waals surface area contributed by atoms with E-state index in [4.69, 9.17) is 0 Å². The first-order chi connectivity index (χ1) is 8.36. The third kappa shape index (κ3) is 2.13.